The molecule has 328 valence electrons. The largest absolute Gasteiger partial charge is 0.378 e. The summed E-state index contributed by atoms with van der Waals surface area (Å²) in [5, 5.41) is 30.9. The SMILES string of the molecule is O=C1CN(CCCCC(=O)N2CCCC2[C@@](O)(c2ccccc2)c2cccc(C3CC(C(O)(c4ccccc4)c4ccccc4)N(C(=O)CCCN4CC(=O)NC4=O)C3)c2)C(=O)N1. The maximum atomic E-state index is 14.5. The van der Waals surface area contributed by atoms with Crippen molar-refractivity contribution in [1.29, 1.82) is 0 Å². The van der Waals surface area contributed by atoms with Crippen LogP contribution in [0.3, 0.4) is 0 Å². The van der Waals surface area contributed by atoms with Crippen LogP contribution in [0.15, 0.2) is 115 Å². The van der Waals surface area contributed by atoms with Gasteiger partial charge in [-0.25, -0.2) is 9.59 Å². The van der Waals surface area contributed by atoms with Gasteiger partial charge in [0.05, 0.1) is 12.1 Å². The number of nitrogens with zero attached hydrogens (tertiary/aromatic N) is 4. The van der Waals surface area contributed by atoms with Crippen molar-refractivity contribution in [2.45, 2.75) is 80.6 Å². The van der Waals surface area contributed by atoms with Crippen molar-refractivity contribution in [3.05, 3.63) is 143 Å². The van der Waals surface area contributed by atoms with Gasteiger partial charge in [-0.05, 0) is 66.3 Å². The van der Waals surface area contributed by atoms with Crippen LogP contribution in [0.4, 0.5) is 9.59 Å². The third-order valence-electron chi connectivity index (χ3n) is 13.2. The third-order valence-corrected chi connectivity index (χ3v) is 13.2. The average Bonchev–Trinajstić information content (AvgIpc) is 4.12. The molecule has 4 aliphatic rings. The highest BCUT2D eigenvalue weighted by atomic mass is 16.3. The van der Waals surface area contributed by atoms with Crippen LogP contribution < -0.4 is 10.6 Å². The Balaban J connectivity index is 1.08. The molecule has 4 heterocycles. The highest BCUT2D eigenvalue weighted by Crippen LogP contribution is 2.47. The summed E-state index contributed by atoms with van der Waals surface area (Å²) in [7, 11) is 0. The number of benzene rings is 4. The number of amides is 8. The van der Waals surface area contributed by atoms with Crippen molar-refractivity contribution in [3.8, 4) is 0 Å². The number of carbonyl (C=O) groups excluding carboxylic acids is 6. The summed E-state index contributed by atoms with van der Waals surface area (Å²) in [5.41, 5.74) is 0.222. The summed E-state index contributed by atoms with van der Waals surface area (Å²) >= 11 is 0. The summed E-state index contributed by atoms with van der Waals surface area (Å²) in [6, 6.07) is 33.7. The van der Waals surface area contributed by atoms with Gasteiger partial charge in [-0.15, -0.1) is 0 Å². The molecule has 4 saturated heterocycles. The van der Waals surface area contributed by atoms with Gasteiger partial charge in [-0.1, -0.05) is 115 Å². The highest BCUT2D eigenvalue weighted by Gasteiger charge is 2.51. The van der Waals surface area contributed by atoms with Crippen LogP contribution in [-0.4, -0.2) is 117 Å². The molecular weight excluding hydrogens is 801 g/mol. The van der Waals surface area contributed by atoms with Gasteiger partial charge in [0.25, 0.3) is 0 Å². The molecule has 14 heteroatoms. The molecule has 0 aliphatic carbocycles. The molecule has 4 aromatic rings. The summed E-state index contributed by atoms with van der Waals surface area (Å²) < 4.78 is 0. The van der Waals surface area contributed by atoms with Crippen molar-refractivity contribution in [1.82, 2.24) is 30.2 Å². The van der Waals surface area contributed by atoms with Crippen molar-refractivity contribution < 1.29 is 39.0 Å². The van der Waals surface area contributed by atoms with Crippen molar-refractivity contribution in [3.63, 3.8) is 0 Å². The Morgan fingerprint density at radius 3 is 1.62 bits per heavy atom. The maximum absolute atomic E-state index is 14.5. The minimum absolute atomic E-state index is 0.0190. The van der Waals surface area contributed by atoms with E-state index in [1.807, 2.05) is 115 Å². The lowest BCUT2D eigenvalue weighted by Crippen LogP contribution is -2.50. The van der Waals surface area contributed by atoms with E-state index in [1.54, 1.807) is 9.80 Å². The van der Waals surface area contributed by atoms with E-state index in [0.717, 1.165) is 5.56 Å². The number of urea groups is 2. The quantitative estimate of drug-likeness (QED) is 0.0934. The zero-order valence-electron chi connectivity index (χ0n) is 35.2. The zero-order valence-corrected chi connectivity index (χ0v) is 35.2. The topological polar surface area (TPSA) is 180 Å². The van der Waals surface area contributed by atoms with E-state index >= 15 is 0 Å². The van der Waals surface area contributed by atoms with Crippen molar-refractivity contribution in [2.24, 2.45) is 0 Å². The fourth-order valence-corrected chi connectivity index (χ4v) is 10.1. The van der Waals surface area contributed by atoms with E-state index < -0.39 is 35.3 Å². The first kappa shape index (κ1) is 43.3. The summed E-state index contributed by atoms with van der Waals surface area (Å²) in [4.78, 5) is 82.5. The first-order chi connectivity index (χ1) is 30.5. The Kier molecular flexibility index (Phi) is 12.7. The number of carbonyl (C=O) groups is 6. The first-order valence-electron chi connectivity index (χ1n) is 21.9. The van der Waals surface area contributed by atoms with Gasteiger partial charge in [0.2, 0.25) is 23.6 Å². The lowest BCUT2D eigenvalue weighted by molar-refractivity contribution is -0.137. The second kappa shape index (κ2) is 18.5. The lowest BCUT2D eigenvalue weighted by atomic mass is 9.76. The molecule has 0 aromatic heterocycles. The monoisotopic (exact) mass is 854 g/mol. The predicted molar refractivity (Wildman–Crippen MR) is 233 cm³/mol. The number of nitrogens with one attached hydrogen (secondary N) is 2. The molecule has 4 aromatic carbocycles. The number of imide groups is 2. The number of likely N-dealkylation sites (tertiary alicyclic amines) is 2. The molecule has 4 N–H and O–H groups in total. The van der Waals surface area contributed by atoms with E-state index in [-0.39, 0.29) is 68.6 Å². The second-order valence-corrected chi connectivity index (χ2v) is 17.1. The molecule has 8 amide bonds. The first-order valence-corrected chi connectivity index (χ1v) is 21.9. The summed E-state index contributed by atoms with van der Waals surface area (Å²) in [5.74, 6) is -1.24. The van der Waals surface area contributed by atoms with E-state index in [1.165, 1.54) is 9.80 Å². The summed E-state index contributed by atoms with van der Waals surface area (Å²) in [6.45, 7) is 1.33. The minimum atomic E-state index is -1.60. The Morgan fingerprint density at radius 2 is 1.08 bits per heavy atom. The lowest BCUT2D eigenvalue weighted by Gasteiger charge is -2.40. The fraction of sp³-hybridized carbons (Fsp3) is 0.388. The van der Waals surface area contributed by atoms with Gasteiger partial charge >= 0.3 is 12.1 Å². The van der Waals surface area contributed by atoms with Crippen LogP contribution in [0.2, 0.25) is 0 Å². The Morgan fingerprint density at radius 1 is 0.587 bits per heavy atom. The minimum Gasteiger partial charge on any atom is -0.378 e. The molecule has 4 atom stereocenters. The molecule has 8 rings (SSSR count). The normalized spacial score (nSPS) is 21.2. The smallest absolute Gasteiger partial charge is 0.324 e. The van der Waals surface area contributed by atoms with E-state index in [0.29, 0.717) is 73.9 Å². The predicted octanol–water partition coefficient (Wildman–Crippen LogP) is 4.59. The van der Waals surface area contributed by atoms with Crippen LogP contribution >= 0.6 is 0 Å². The number of unbranched alkanes of at least 4 members (excludes halogenated alkanes) is 1. The molecule has 0 saturated carbocycles. The van der Waals surface area contributed by atoms with Crippen LogP contribution in [0.5, 0.6) is 0 Å². The van der Waals surface area contributed by atoms with E-state index in [2.05, 4.69) is 10.6 Å². The number of aliphatic hydroxyl groups is 2. The zero-order chi connectivity index (χ0) is 44.1. The Labute approximate surface area is 366 Å². The number of rotatable bonds is 16. The van der Waals surface area contributed by atoms with Gasteiger partial charge in [0.15, 0.2) is 0 Å². The summed E-state index contributed by atoms with van der Waals surface area (Å²) in [6.07, 6.45) is 3.39. The van der Waals surface area contributed by atoms with E-state index in [9.17, 15) is 39.0 Å². The molecule has 4 fully saturated rings. The van der Waals surface area contributed by atoms with Crippen LogP contribution in [-0.2, 0) is 30.4 Å². The van der Waals surface area contributed by atoms with Crippen LogP contribution in [0, 0.1) is 0 Å². The van der Waals surface area contributed by atoms with Gasteiger partial charge in [0, 0.05) is 44.9 Å². The molecule has 14 nitrogen and oxygen atoms in total. The number of hydrogen-bond donors (Lipinski definition) is 4. The van der Waals surface area contributed by atoms with Crippen molar-refractivity contribution in [2.75, 3.05) is 39.3 Å². The Bertz CT molecular complexity index is 2290. The molecule has 3 unspecified atom stereocenters. The molecule has 4 aliphatic heterocycles. The van der Waals surface area contributed by atoms with Crippen LogP contribution in [0.1, 0.15) is 85.1 Å². The van der Waals surface area contributed by atoms with Gasteiger partial charge < -0.3 is 29.8 Å². The van der Waals surface area contributed by atoms with Gasteiger partial charge in [0.1, 0.15) is 24.3 Å². The Hall–Kier alpha value is -6.38. The number of hydrogen-bond acceptors (Lipinski definition) is 8. The molecule has 0 spiro atoms. The fourth-order valence-electron chi connectivity index (χ4n) is 10.1. The standard InChI is InChI=1S/C49H54N6O8/c56-42-32-52(46(60)50-42)26-11-10-24-44(58)54-28-13-23-40(54)49(63,38-20-8-3-9-21-38)39-22-12-15-34(29-39)35-30-41(48(62,36-16-4-1-5-17-36)37-18-6-2-7-19-37)55(31-35)45(59)25-14-27-53-33-43(57)51-47(53)61/h1-9,12,15-22,29,35,40-41,62-63H,10-11,13-14,23-28,30-33H2,(H,50,56,60)(H,51,57,61)/t35?,40?,41?,49-/m1/s1. The van der Waals surface area contributed by atoms with Gasteiger partial charge in [-0.3, -0.25) is 29.8 Å². The maximum Gasteiger partial charge on any atom is 0.324 e. The molecule has 0 bridgehead atoms. The molecule has 63 heavy (non-hydrogen) atoms. The van der Waals surface area contributed by atoms with Crippen LogP contribution in [0.25, 0.3) is 0 Å². The third kappa shape index (κ3) is 8.82. The van der Waals surface area contributed by atoms with Crippen molar-refractivity contribution >= 4 is 35.7 Å². The van der Waals surface area contributed by atoms with Gasteiger partial charge in [-0.2, -0.15) is 0 Å². The molecule has 0 radical (unpaired) electrons. The highest BCUT2D eigenvalue weighted by molar-refractivity contribution is 6.02. The van der Waals surface area contributed by atoms with E-state index in [4.69, 9.17) is 0 Å². The average molecular weight is 855 g/mol. The second-order valence-electron chi connectivity index (χ2n) is 17.1. The molecular formula is C49H54N6O8.